The molecule has 6 heteroatoms. The van der Waals surface area contributed by atoms with Gasteiger partial charge in [0, 0.05) is 24.7 Å². The normalized spacial score (nSPS) is 18.4. The first kappa shape index (κ1) is 12.8. The number of rotatable bonds is 6. The fraction of sp³-hybridized carbons (Fsp3) is 0.900. The maximum atomic E-state index is 9.05. The van der Waals surface area contributed by atoms with Crippen LogP contribution >= 0.6 is 0 Å². The number of nitriles is 1. The summed E-state index contributed by atoms with van der Waals surface area (Å²) in [4.78, 5) is 2.68. The van der Waals surface area contributed by atoms with Gasteiger partial charge in [0.15, 0.2) is 0 Å². The summed E-state index contributed by atoms with van der Waals surface area (Å²) >= 11 is 0. The first-order valence-electron chi connectivity index (χ1n) is 5.60. The fourth-order valence-electron chi connectivity index (χ4n) is 1.82. The smallest absolute Gasteiger partial charge is 0.0983 e. The lowest BCUT2D eigenvalue weighted by atomic mass is 9.92. The van der Waals surface area contributed by atoms with E-state index in [-0.39, 0.29) is 6.04 Å². The molecular weight excluding hydrogens is 206 g/mol. The Morgan fingerprint density at radius 3 is 2.94 bits per heavy atom. The van der Waals surface area contributed by atoms with Crippen LogP contribution < -0.4 is 5.32 Å². The molecule has 1 N–H and O–H groups in total. The van der Waals surface area contributed by atoms with Gasteiger partial charge in [0.1, 0.15) is 0 Å². The molecule has 16 heavy (non-hydrogen) atoms. The number of hydrogen-bond donors (Lipinski definition) is 1. The standard InChI is InChI=1S/C10H17N5O/c11-8-10(9-2-6-16-7-3-9)13-4-1-5-14-15-12/h9-10,13H,1-7H2. The highest BCUT2D eigenvalue weighted by Gasteiger charge is 2.22. The summed E-state index contributed by atoms with van der Waals surface area (Å²) in [5.41, 5.74) is 8.10. The zero-order chi connectivity index (χ0) is 11.6. The predicted octanol–water partition coefficient (Wildman–Crippen LogP) is 1.60. The predicted molar refractivity (Wildman–Crippen MR) is 59.6 cm³/mol. The van der Waals surface area contributed by atoms with E-state index in [4.69, 9.17) is 15.5 Å². The second-order valence-electron chi connectivity index (χ2n) is 3.82. The van der Waals surface area contributed by atoms with Crippen LogP contribution in [0.2, 0.25) is 0 Å². The molecule has 1 saturated heterocycles. The number of nitrogens with zero attached hydrogens (tertiary/aromatic N) is 4. The molecule has 88 valence electrons. The van der Waals surface area contributed by atoms with Gasteiger partial charge in [0.2, 0.25) is 0 Å². The summed E-state index contributed by atoms with van der Waals surface area (Å²) in [6.45, 7) is 2.70. The topological polar surface area (TPSA) is 93.8 Å². The Morgan fingerprint density at radius 1 is 1.56 bits per heavy atom. The van der Waals surface area contributed by atoms with Crippen LogP contribution in [-0.2, 0) is 4.74 Å². The number of nitrogens with one attached hydrogen (secondary N) is 1. The summed E-state index contributed by atoms with van der Waals surface area (Å²) in [6, 6.07) is 2.19. The Bertz CT molecular complexity index is 275. The van der Waals surface area contributed by atoms with E-state index < -0.39 is 0 Å². The van der Waals surface area contributed by atoms with Gasteiger partial charge in [0.05, 0.1) is 12.1 Å². The van der Waals surface area contributed by atoms with Crippen LogP contribution in [0.4, 0.5) is 0 Å². The minimum absolute atomic E-state index is 0.102. The molecule has 0 saturated carbocycles. The van der Waals surface area contributed by atoms with Crippen LogP contribution in [0.1, 0.15) is 19.3 Å². The number of hydrogen-bond acceptors (Lipinski definition) is 4. The number of azide groups is 1. The third-order valence-corrected chi connectivity index (χ3v) is 2.74. The van der Waals surface area contributed by atoms with Crippen LogP contribution in [0, 0.1) is 17.2 Å². The minimum atomic E-state index is -0.102. The second kappa shape index (κ2) is 7.94. The van der Waals surface area contributed by atoms with E-state index in [1.165, 1.54) is 0 Å². The Labute approximate surface area is 95.2 Å². The van der Waals surface area contributed by atoms with Crippen molar-refractivity contribution in [2.75, 3.05) is 26.3 Å². The highest BCUT2D eigenvalue weighted by molar-refractivity contribution is 4.95. The summed E-state index contributed by atoms with van der Waals surface area (Å²) in [5.74, 6) is 0.387. The Balaban J connectivity index is 2.20. The van der Waals surface area contributed by atoms with E-state index >= 15 is 0 Å². The Kier molecular flexibility index (Phi) is 6.35. The summed E-state index contributed by atoms with van der Waals surface area (Å²) in [6.07, 6.45) is 2.66. The van der Waals surface area contributed by atoms with Crippen molar-refractivity contribution >= 4 is 0 Å². The zero-order valence-corrected chi connectivity index (χ0v) is 9.30. The zero-order valence-electron chi connectivity index (χ0n) is 9.30. The molecule has 1 atom stereocenters. The van der Waals surface area contributed by atoms with E-state index in [2.05, 4.69) is 21.4 Å². The molecule has 6 nitrogen and oxygen atoms in total. The van der Waals surface area contributed by atoms with E-state index in [1.54, 1.807) is 0 Å². The Morgan fingerprint density at radius 2 is 2.31 bits per heavy atom. The second-order valence-corrected chi connectivity index (χ2v) is 3.82. The maximum absolute atomic E-state index is 9.05. The molecule has 0 aromatic heterocycles. The first-order chi connectivity index (χ1) is 7.88. The Hall–Kier alpha value is -1.28. The van der Waals surface area contributed by atoms with Crippen LogP contribution in [0.15, 0.2) is 5.11 Å². The van der Waals surface area contributed by atoms with Gasteiger partial charge < -0.3 is 10.1 Å². The third kappa shape index (κ3) is 4.49. The molecule has 0 bridgehead atoms. The molecule has 0 spiro atoms. The van der Waals surface area contributed by atoms with Crippen molar-refractivity contribution in [2.24, 2.45) is 11.0 Å². The summed E-state index contributed by atoms with van der Waals surface area (Å²) in [7, 11) is 0. The molecule has 0 aliphatic carbocycles. The monoisotopic (exact) mass is 223 g/mol. The van der Waals surface area contributed by atoms with Crippen molar-refractivity contribution in [2.45, 2.75) is 25.3 Å². The lowest BCUT2D eigenvalue weighted by molar-refractivity contribution is 0.0599. The van der Waals surface area contributed by atoms with Crippen LogP contribution in [0.5, 0.6) is 0 Å². The van der Waals surface area contributed by atoms with Crippen molar-refractivity contribution in [3.63, 3.8) is 0 Å². The molecule has 1 heterocycles. The molecule has 0 aromatic carbocycles. The average molecular weight is 223 g/mol. The number of ether oxygens (including phenoxy) is 1. The van der Waals surface area contributed by atoms with Gasteiger partial charge in [-0.1, -0.05) is 5.11 Å². The van der Waals surface area contributed by atoms with Gasteiger partial charge in [-0.25, -0.2) is 0 Å². The van der Waals surface area contributed by atoms with Gasteiger partial charge in [-0.2, -0.15) is 5.26 Å². The lowest BCUT2D eigenvalue weighted by Crippen LogP contribution is -2.38. The van der Waals surface area contributed by atoms with Gasteiger partial charge >= 0.3 is 0 Å². The largest absolute Gasteiger partial charge is 0.381 e. The summed E-state index contributed by atoms with van der Waals surface area (Å²) in [5, 5.41) is 15.7. The van der Waals surface area contributed by atoms with E-state index in [1.807, 2.05) is 0 Å². The summed E-state index contributed by atoms with van der Waals surface area (Å²) < 4.78 is 5.26. The van der Waals surface area contributed by atoms with Crippen molar-refractivity contribution < 1.29 is 4.74 Å². The SMILES string of the molecule is N#CC(NCCCN=[N+]=[N-])C1CCOCC1. The molecule has 1 rings (SSSR count). The van der Waals surface area contributed by atoms with Crippen LogP contribution in [0.3, 0.4) is 0 Å². The molecule has 1 fully saturated rings. The highest BCUT2D eigenvalue weighted by Crippen LogP contribution is 2.18. The van der Waals surface area contributed by atoms with Crippen LogP contribution in [-0.4, -0.2) is 32.3 Å². The molecule has 0 amide bonds. The average Bonchev–Trinajstić information content (AvgIpc) is 2.35. The first-order valence-corrected chi connectivity index (χ1v) is 5.60. The lowest BCUT2D eigenvalue weighted by Gasteiger charge is -2.26. The fourth-order valence-corrected chi connectivity index (χ4v) is 1.82. The van der Waals surface area contributed by atoms with Gasteiger partial charge in [-0.15, -0.1) is 0 Å². The van der Waals surface area contributed by atoms with Crippen molar-refractivity contribution in [1.29, 1.82) is 5.26 Å². The highest BCUT2D eigenvalue weighted by atomic mass is 16.5. The van der Waals surface area contributed by atoms with Gasteiger partial charge in [-0.3, -0.25) is 0 Å². The molecule has 0 radical (unpaired) electrons. The van der Waals surface area contributed by atoms with Gasteiger partial charge in [-0.05, 0) is 37.3 Å². The van der Waals surface area contributed by atoms with E-state index in [0.717, 1.165) is 32.5 Å². The van der Waals surface area contributed by atoms with Crippen molar-refractivity contribution in [3.8, 4) is 6.07 Å². The molecule has 1 aliphatic heterocycles. The van der Waals surface area contributed by atoms with E-state index in [0.29, 0.717) is 19.0 Å². The molecular formula is C10H17N5O. The molecule has 0 aromatic rings. The van der Waals surface area contributed by atoms with Crippen molar-refractivity contribution in [3.05, 3.63) is 10.4 Å². The van der Waals surface area contributed by atoms with Crippen molar-refractivity contribution in [1.82, 2.24) is 5.32 Å². The van der Waals surface area contributed by atoms with Gasteiger partial charge in [0.25, 0.3) is 0 Å². The quantitative estimate of drug-likeness (QED) is 0.320. The van der Waals surface area contributed by atoms with E-state index in [9.17, 15) is 0 Å². The maximum Gasteiger partial charge on any atom is 0.0983 e. The third-order valence-electron chi connectivity index (χ3n) is 2.74. The molecule has 1 aliphatic rings. The van der Waals surface area contributed by atoms with Crippen LogP contribution in [0.25, 0.3) is 10.4 Å². The minimum Gasteiger partial charge on any atom is -0.381 e. The molecule has 1 unspecified atom stereocenters.